The van der Waals surface area contributed by atoms with Gasteiger partial charge in [-0.05, 0) is 30.7 Å². The van der Waals surface area contributed by atoms with E-state index in [-0.39, 0.29) is 18.1 Å². The molecule has 4 nitrogen and oxygen atoms in total. The van der Waals surface area contributed by atoms with Crippen molar-refractivity contribution in [2.75, 3.05) is 33.3 Å². The van der Waals surface area contributed by atoms with Crippen molar-refractivity contribution in [3.8, 4) is 5.75 Å². The SMILES string of the molecule is COc1ccc(CC(=O)N2CCCNCC2)cc1F. The molecule has 1 aliphatic rings. The van der Waals surface area contributed by atoms with E-state index in [4.69, 9.17) is 4.74 Å². The summed E-state index contributed by atoms with van der Waals surface area (Å²) in [4.78, 5) is 14.0. The number of benzene rings is 1. The molecule has 0 aliphatic carbocycles. The van der Waals surface area contributed by atoms with Gasteiger partial charge in [-0.3, -0.25) is 4.79 Å². The average Bonchev–Trinajstić information content (AvgIpc) is 2.68. The van der Waals surface area contributed by atoms with Crippen molar-refractivity contribution in [2.24, 2.45) is 0 Å². The lowest BCUT2D eigenvalue weighted by molar-refractivity contribution is -0.130. The lowest BCUT2D eigenvalue weighted by Crippen LogP contribution is -2.35. The van der Waals surface area contributed by atoms with E-state index in [2.05, 4.69) is 5.32 Å². The summed E-state index contributed by atoms with van der Waals surface area (Å²) in [5.41, 5.74) is 0.681. The summed E-state index contributed by atoms with van der Waals surface area (Å²) in [7, 11) is 1.42. The van der Waals surface area contributed by atoms with Crippen molar-refractivity contribution in [1.29, 1.82) is 0 Å². The Labute approximate surface area is 112 Å². The molecule has 0 unspecified atom stereocenters. The molecule has 1 fully saturated rings. The Morgan fingerprint density at radius 1 is 1.42 bits per heavy atom. The molecule has 2 rings (SSSR count). The van der Waals surface area contributed by atoms with Gasteiger partial charge in [0.1, 0.15) is 0 Å². The van der Waals surface area contributed by atoms with Gasteiger partial charge in [0.05, 0.1) is 13.5 Å². The van der Waals surface area contributed by atoms with Crippen LogP contribution in [0.2, 0.25) is 0 Å². The topological polar surface area (TPSA) is 41.6 Å². The normalized spacial score (nSPS) is 16.0. The number of methoxy groups -OCH3 is 1. The van der Waals surface area contributed by atoms with Crippen LogP contribution >= 0.6 is 0 Å². The van der Waals surface area contributed by atoms with Crippen LogP contribution in [0.3, 0.4) is 0 Å². The molecule has 1 N–H and O–H groups in total. The molecule has 1 heterocycles. The maximum Gasteiger partial charge on any atom is 0.227 e. The molecule has 0 bridgehead atoms. The Balaban J connectivity index is 1.99. The quantitative estimate of drug-likeness (QED) is 0.894. The van der Waals surface area contributed by atoms with Crippen molar-refractivity contribution < 1.29 is 13.9 Å². The van der Waals surface area contributed by atoms with Crippen molar-refractivity contribution >= 4 is 5.91 Å². The number of hydrogen-bond donors (Lipinski definition) is 1. The van der Waals surface area contributed by atoms with Crippen molar-refractivity contribution in [2.45, 2.75) is 12.8 Å². The molecular formula is C14H19FN2O2. The zero-order valence-electron chi connectivity index (χ0n) is 11.1. The van der Waals surface area contributed by atoms with E-state index in [9.17, 15) is 9.18 Å². The van der Waals surface area contributed by atoms with Gasteiger partial charge in [-0.1, -0.05) is 6.07 Å². The molecule has 0 aromatic heterocycles. The standard InChI is InChI=1S/C14H19FN2O2/c1-19-13-4-3-11(9-12(13)15)10-14(18)17-7-2-5-16-6-8-17/h3-4,9,16H,2,5-8,10H2,1H3. The van der Waals surface area contributed by atoms with Gasteiger partial charge in [0.15, 0.2) is 11.6 Å². The fourth-order valence-electron chi connectivity index (χ4n) is 2.20. The monoisotopic (exact) mass is 266 g/mol. The summed E-state index contributed by atoms with van der Waals surface area (Å²) in [5, 5.41) is 3.25. The Bertz CT molecular complexity index is 443. The van der Waals surface area contributed by atoms with Crippen molar-refractivity contribution in [1.82, 2.24) is 10.2 Å². The van der Waals surface area contributed by atoms with Crippen LogP contribution in [0.5, 0.6) is 5.75 Å². The van der Waals surface area contributed by atoms with Crippen LogP contribution < -0.4 is 10.1 Å². The minimum absolute atomic E-state index is 0.0493. The summed E-state index contributed by atoms with van der Waals surface area (Å²) in [6, 6.07) is 4.66. The van der Waals surface area contributed by atoms with E-state index in [0.717, 1.165) is 32.6 Å². The first-order valence-corrected chi connectivity index (χ1v) is 6.51. The van der Waals surface area contributed by atoms with Crippen LogP contribution in [-0.2, 0) is 11.2 Å². The minimum atomic E-state index is -0.426. The van der Waals surface area contributed by atoms with Gasteiger partial charge in [0.25, 0.3) is 0 Å². The summed E-state index contributed by atoms with van der Waals surface area (Å²) in [6.45, 7) is 3.26. The van der Waals surface area contributed by atoms with Gasteiger partial charge in [-0.2, -0.15) is 0 Å². The second kappa shape index (κ2) is 6.52. The number of carbonyl (C=O) groups is 1. The highest BCUT2D eigenvalue weighted by atomic mass is 19.1. The number of hydrogen-bond acceptors (Lipinski definition) is 3. The number of ether oxygens (including phenoxy) is 1. The molecule has 1 saturated heterocycles. The lowest BCUT2D eigenvalue weighted by Gasteiger charge is -2.20. The maximum atomic E-state index is 13.5. The van der Waals surface area contributed by atoms with Gasteiger partial charge in [0.2, 0.25) is 5.91 Å². The molecule has 1 amide bonds. The predicted molar refractivity (Wildman–Crippen MR) is 70.7 cm³/mol. The van der Waals surface area contributed by atoms with E-state index in [0.29, 0.717) is 5.56 Å². The van der Waals surface area contributed by atoms with E-state index in [1.54, 1.807) is 12.1 Å². The van der Waals surface area contributed by atoms with E-state index in [1.165, 1.54) is 13.2 Å². The molecule has 104 valence electrons. The number of rotatable bonds is 3. The maximum absolute atomic E-state index is 13.5. The van der Waals surface area contributed by atoms with Gasteiger partial charge in [-0.25, -0.2) is 4.39 Å². The fourth-order valence-corrected chi connectivity index (χ4v) is 2.20. The Morgan fingerprint density at radius 3 is 3.00 bits per heavy atom. The number of carbonyl (C=O) groups excluding carboxylic acids is 1. The number of halogens is 1. The molecule has 19 heavy (non-hydrogen) atoms. The summed E-state index contributed by atoms with van der Waals surface area (Å²) < 4.78 is 18.4. The highest BCUT2D eigenvalue weighted by Crippen LogP contribution is 2.18. The molecule has 1 aliphatic heterocycles. The Morgan fingerprint density at radius 2 is 2.26 bits per heavy atom. The van der Waals surface area contributed by atoms with Gasteiger partial charge in [0, 0.05) is 19.6 Å². The molecular weight excluding hydrogens is 247 g/mol. The smallest absolute Gasteiger partial charge is 0.227 e. The second-order valence-corrected chi connectivity index (χ2v) is 4.63. The van der Waals surface area contributed by atoms with E-state index < -0.39 is 5.82 Å². The van der Waals surface area contributed by atoms with Crippen LogP contribution in [0.4, 0.5) is 4.39 Å². The van der Waals surface area contributed by atoms with Crippen LogP contribution in [0.1, 0.15) is 12.0 Å². The van der Waals surface area contributed by atoms with E-state index >= 15 is 0 Å². The summed E-state index contributed by atoms with van der Waals surface area (Å²) in [6.07, 6.45) is 1.20. The van der Waals surface area contributed by atoms with Crippen molar-refractivity contribution in [3.05, 3.63) is 29.6 Å². The summed E-state index contributed by atoms with van der Waals surface area (Å²) in [5.74, 6) is -0.172. The Kier molecular flexibility index (Phi) is 4.74. The molecule has 5 heteroatoms. The van der Waals surface area contributed by atoms with Gasteiger partial charge in [-0.15, -0.1) is 0 Å². The lowest BCUT2D eigenvalue weighted by atomic mass is 10.1. The molecule has 0 saturated carbocycles. The van der Waals surface area contributed by atoms with Crippen LogP contribution in [0.25, 0.3) is 0 Å². The number of amides is 1. The number of nitrogens with zero attached hydrogens (tertiary/aromatic N) is 1. The molecule has 0 spiro atoms. The fraction of sp³-hybridized carbons (Fsp3) is 0.500. The first-order chi connectivity index (χ1) is 9.20. The van der Waals surface area contributed by atoms with Crippen LogP contribution in [0, 0.1) is 5.82 Å². The third-order valence-electron chi connectivity index (χ3n) is 3.26. The second-order valence-electron chi connectivity index (χ2n) is 4.63. The molecule has 1 aromatic rings. The third kappa shape index (κ3) is 3.67. The highest BCUT2D eigenvalue weighted by molar-refractivity contribution is 5.78. The largest absolute Gasteiger partial charge is 0.494 e. The molecule has 0 atom stereocenters. The third-order valence-corrected chi connectivity index (χ3v) is 3.26. The first-order valence-electron chi connectivity index (χ1n) is 6.51. The average molecular weight is 266 g/mol. The first kappa shape index (κ1) is 13.8. The summed E-state index contributed by atoms with van der Waals surface area (Å²) >= 11 is 0. The van der Waals surface area contributed by atoms with E-state index in [1.807, 2.05) is 4.90 Å². The Hall–Kier alpha value is -1.62. The zero-order chi connectivity index (χ0) is 13.7. The zero-order valence-corrected chi connectivity index (χ0v) is 11.1. The minimum Gasteiger partial charge on any atom is -0.494 e. The van der Waals surface area contributed by atoms with Gasteiger partial charge >= 0.3 is 0 Å². The van der Waals surface area contributed by atoms with Crippen LogP contribution in [-0.4, -0.2) is 44.1 Å². The highest BCUT2D eigenvalue weighted by Gasteiger charge is 2.16. The van der Waals surface area contributed by atoms with Crippen molar-refractivity contribution in [3.63, 3.8) is 0 Å². The predicted octanol–water partition coefficient (Wildman–Crippen LogP) is 1.20. The van der Waals surface area contributed by atoms with Crippen LogP contribution in [0.15, 0.2) is 18.2 Å². The molecule has 0 radical (unpaired) electrons. The number of nitrogens with one attached hydrogen (secondary N) is 1. The molecule has 1 aromatic carbocycles. The van der Waals surface area contributed by atoms with Gasteiger partial charge < -0.3 is 15.0 Å².